The summed E-state index contributed by atoms with van der Waals surface area (Å²) >= 11 is 1.19. The van der Waals surface area contributed by atoms with Gasteiger partial charge >= 0.3 is 6.03 Å². The summed E-state index contributed by atoms with van der Waals surface area (Å²) in [5.41, 5.74) is 0. The maximum atomic E-state index is 11.9. The molecule has 0 spiro atoms. The number of hydrogen-bond acceptors (Lipinski definition) is 7. The van der Waals surface area contributed by atoms with Gasteiger partial charge in [-0.2, -0.15) is 0 Å². The lowest BCUT2D eigenvalue weighted by atomic mass is 10.3. The third-order valence-corrected chi connectivity index (χ3v) is 4.95. The zero-order chi connectivity index (χ0) is 20.5. The van der Waals surface area contributed by atoms with E-state index in [9.17, 15) is 9.59 Å². The van der Waals surface area contributed by atoms with Crippen LogP contribution in [0.4, 0.5) is 4.79 Å². The summed E-state index contributed by atoms with van der Waals surface area (Å²) < 4.78 is 12.5. The molecule has 2 rings (SSSR count). The van der Waals surface area contributed by atoms with Crippen LogP contribution in [-0.2, 0) is 18.4 Å². The van der Waals surface area contributed by atoms with Gasteiger partial charge in [-0.25, -0.2) is 4.79 Å². The number of nitrogens with one attached hydrogen (secondary N) is 2. The smallest absolute Gasteiger partial charge is 0.321 e. The molecule has 0 saturated heterocycles. The molecule has 0 radical (unpaired) electrons. The van der Waals surface area contributed by atoms with Gasteiger partial charge in [-0.05, 0) is 37.6 Å². The van der Waals surface area contributed by atoms with E-state index in [1.165, 1.54) is 11.8 Å². The Morgan fingerprint density at radius 2 is 1.89 bits per heavy atom. The summed E-state index contributed by atoms with van der Waals surface area (Å²) in [6.45, 7) is 4.06. The second kappa shape index (κ2) is 10.5. The van der Waals surface area contributed by atoms with Crippen LogP contribution in [0.1, 0.15) is 26.1 Å². The van der Waals surface area contributed by atoms with E-state index >= 15 is 0 Å². The monoisotopic (exact) mass is 407 g/mol. The van der Waals surface area contributed by atoms with Crippen LogP contribution < -0.4 is 20.1 Å². The van der Waals surface area contributed by atoms with E-state index in [2.05, 4.69) is 20.8 Å². The molecule has 1 aromatic carbocycles. The highest BCUT2D eigenvalue weighted by molar-refractivity contribution is 7.99. The van der Waals surface area contributed by atoms with Gasteiger partial charge in [-0.3, -0.25) is 10.1 Å². The molecule has 1 atom stereocenters. The molecule has 0 bridgehead atoms. The minimum atomic E-state index is -0.494. The Bertz CT molecular complexity index is 794. The van der Waals surface area contributed by atoms with Crippen LogP contribution in [0.3, 0.4) is 0 Å². The van der Waals surface area contributed by atoms with Crippen molar-refractivity contribution in [3.8, 4) is 11.5 Å². The Hall–Kier alpha value is -2.75. The minimum Gasteiger partial charge on any atom is -0.497 e. The summed E-state index contributed by atoms with van der Waals surface area (Å²) in [6, 6.07) is 6.74. The summed E-state index contributed by atoms with van der Waals surface area (Å²) in [6.07, 6.45) is 0.788. The Kier molecular flexibility index (Phi) is 8.12. The van der Waals surface area contributed by atoms with Crippen molar-refractivity contribution in [2.75, 3.05) is 12.9 Å². The largest absolute Gasteiger partial charge is 0.497 e. The molecule has 0 aliphatic heterocycles. The lowest BCUT2D eigenvalue weighted by molar-refractivity contribution is -0.117. The van der Waals surface area contributed by atoms with Crippen LogP contribution in [0.15, 0.2) is 29.4 Å². The normalized spacial score (nSPS) is 11.6. The number of amides is 3. The molecule has 1 heterocycles. The molecule has 0 aliphatic rings. The van der Waals surface area contributed by atoms with Gasteiger partial charge in [0.2, 0.25) is 5.91 Å². The molecule has 9 nitrogen and oxygen atoms in total. The molecular formula is C18H25N5O4S. The van der Waals surface area contributed by atoms with Crippen molar-refractivity contribution in [1.82, 2.24) is 25.4 Å². The highest BCUT2D eigenvalue weighted by atomic mass is 32.2. The molecule has 0 saturated carbocycles. The van der Waals surface area contributed by atoms with Crippen LogP contribution in [-0.4, -0.2) is 45.6 Å². The zero-order valence-electron chi connectivity index (χ0n) is 16.4. The number of carbonyl (C=O) groups is 2. The van der Waals surface area contributed by atoms with Gasteiger partial charge in [0.15, 0.2) is 11.0 Å². The fraction of sp³-hybridized carbons (Fsp3) is 0.444. The number of carbonyl (C=O) groups excluding carboxylic acids is 2. The molecule has 28 heavy (non-hydrogen) atoms. The molecule has 10 heteroatoms. The van der Waals surface area contributed by atoms with E-state index in [0.717, 1.165) is 12.2 Å². The van der Waals surface area contributed by atoms with Crippen molar-refractivity contribution < 1.29 is 19.1 Å². The maximum absolute atomic E-state index is 11.9. The summed E-state index contributed by atoms with van der Waals surface area (Å²) in [4.78, 5) is 23.5. The third kappa shape index (κ3) is 6.45. The number of rotatable bonds is 9. The molecule has 1 aromatic heterocycles. The first kappa shape index (κ1) is 21.5. The Labute approximate surface area is 168 Å². The predicted octanol–water partition coefficient (Wildman–Crippen LogP) is 2.12. The Balaban J connectivity index is 1.81. The highest BCUT2D eigenvalue weighted by Gasteiger charge is 2.14. The van der Waals surface area contributed by atoms with E-state index < -0.39 is 11.9 Å². The third-order valence-electron chi connectivity index (χ3n) is 3.93. The molecule has 0 unspecified atom stereocenters. The van der Waals surface area contributed by atoms with E-state index in [0.29, 0.717) is 16.7 Å². The van der Waals surface area contributed by atoms with Crippen molar-refractivity contribution >= 4 is 23.7 Å². The van der Waals surface area contributed by atoms with Crippen molar-refractivity contribution in [2.24, 2.45) is 7.05 Å². The van der Waals surface area contributed by atoms with Gasteiger partial charge in [-0.1, -0.05) is 18.7 Å². The molecule has 0 aliphatic carbocycles. The minimum absolute atomic E-state index is 0.00690. The number of thioether (sulfide) groups is 1. The standard InChI is InChI=1S/C18H25N5O4S/c1-5-12(2)19-17(25)20-16(24)11-28-18-22-21-15(23(18)3)10-27-14-8-6-13(26-4)7-9-14/h6-9,12H,5,10-11H2,1-4H3,(H2,19,20,24,25)/t12-/m1/s1. The number of urea groups is 1. The van der Waals surface area contributed by atoms with E-state index in [-0.39, 0.29) is 18.4 Å². The number of imide groups is 1. The van der Waals surface area contributed by atoms with Gasteiger partial charge in [0.1, 0.15) is 18.1 Å². The summed E-state index contributed by atoms with van der Waals surface area (Å²) in [5.74, 6) is 1.71. The van der Waals surface area contributed by atoms with E-state index in [1.807, 2.05) is 26.0 Å². The van der Waals surface area contributed by atoms with Crippen LogP contribution in [0.5, 0.6) is 11.5 Å². The topological polar surface area (TPSA) is 107 Å². The van der Waals surface area contributed by atoms with Crippen LogP contribution in [0.25, 0.3) is 0 Å². The van der Waals surface area contributed by atoms with Crippen LogP contribution in [0.2, 0.25) is 0 Å². The van der Waals surface area contributed by atoms with Gasteiger partial charge in [0.25, 0.3) is 0 Å². The lowest BCUT2D eigenvalue weighted by Crippen LogP contribution is -2.43. The number of aromatic nitrogens is 3. The molecular weight excluding hydrogens is 382 g/mol. The Morgan fingerprint density at radius 1 is 1.21 bits per heavy atom. The number of methoxy groups -OCH3 is 1. The second-order valence-corrected chi connectivity index (χ2v) is 6.98. The zero-order valence-corrected chi connectivity index (χ0v) is 17.2. The highest BCUT2D eigenvalue weighted by Crippen LogP contribution is 2.19. The molecule has 152 valence electrons. The van der Waals surface area contributed by atoms with E-state index in [4.69, 9.17) is 9.47 Å². The van der Waals surface area contributed by atoms with Crippen molar-refractivity contribution in [3.05, 3.63) is 30.1 Å². The number of ether oxygens (including phenoxy) is 2. The van der Waals surface area contributed by atoms with Crippen molar-refractivity contribution in [1.29, 1.82) is 0 Å². The van der Waals surface area contributed by atoms with Gasteiger partial charge < -0.3 is 19.4 Å². The van der Waals surface area contributed by atoms with Crippen LogP contribution >= 0.6 is 11.8 Å². The average Bonchev–Trinajstić information content (AvgIpc) is 3.04. The second-order valence-electron chi connectivity index (χ2n) is 6.04. The number of nitrogens with zero attached hydrogens (tertiary/aromatic N) is 3. The van der Waals surface area contributed by atoms with Crippen molar-refractivity contribution in [2.45, 2.75) is 38.1 Å². The van der Waals surface area contributed by atoms with Crippen LogP contribution in [0, 0.1) is 0 Å². The summed E-state index contributed by atoms with van der Waals surface area (Å²) in [7, 11) is 3.40. The molecule has 2 aromatic rings. The fourth-order valence-corrected chi connectivity index (χ4v) is 2.80. The lowest BCUT2D eigenvalue weighted by Gasteiger charge is -2.11. The van der Waals surface area contributed by atoms with Gasteiger partial charge in [0.05, 0.1) is 12.9 Å². The van der Waals surface area contributed by atoms with E-state index in [1.54, 1.807) is 30.9 Å². The molecule has 3 amide bonds. The SMILES string of the molecule is CC[C@@H](C)NC(=O)NC(=O)CSc1nnc(COc2ccc(OC)cc2)n1C. The fourth-order valence-electron chi connectivity index (χ4n) is 2.07. The van der Waals surface area contributed by atoms with Gasteiger partial charge in [0, 0.05) is 13.1 Å². The number of benzene rings is 1. The first-order chi connectivity index (χ1) is 13.4. The first-order valence-corrected chi connectivity index (χ1v) is 9.79. The molecule has 2 N–H and O–H groups in total. The first-order valence-electron chi connectivity index (χ1n) is 8.81. The van der Waals surface area contributed by atoms with Gasteiger partial charge in [-0.15, -0.1) is 10.2 Å². The average molecular weight is 407 g/mol. The molecule has 0 fully saturated rings. The maximum Gasteiger partial charge on any atom is 0.321 e. The predicted molar refractivity (Wildman–Crippen MR) is 105 cm³/mol. The number of hydrogen-bond donors (Lipinski definition) is 2. The quantitative estimate of drug-likeness (QED) is 0.613. The Morgan fingerprint density at radius 3 is 2.54 bits per heavy atom. The van der Waals surface area contributed by atoms with Crippen molar-refractivity contribution in [3.63, 3.8) is 0 Å². The summed E-state index contributed by atoms with van der Waals surface area (Å²) in [5, 5.41) is 13.7.